The van der Waals surface area contributed by atoms with Crippen molar-refractivity contribution in [2.75, 3.05) is 19.5 Å². The van der Waals surface area contributed by atoms with E-state index in [-0.39, 0.29) is 12.2 Å². The summed E-state index contributed by atoms with van der Waals surface area (Å²) in [5.74, 6) is 1.90. The number of thiazole rings is 1. The fourth-order valence-electron chi connectivity index (χ4n) is 3.79. The molecule has 0 spiro atoms. The van der Waals surface area contributed by atoms with E-state index < -0.39 is 0 Å². The number of carbonyl (C=O) groups excluding carboxylic acids is 1. The van der Waals surface area contributed by atoms with Gasteiger partial charge in [0, 0.05) is 47.5 Å². The maximum Gasteiger partial charge on any atom is 0.169 e. The smallest absolute Gasteiger partial charge is 0.169 e. The monoisotopic (exact) mass is 467 g/mol. The first-order valence-electron chi connectivity index (χ1n) is 10.7. The van der Waals surface area contributed by atoms with Crippen molar-refractivity contribution in [3.05, 3.63) is 83.1 Å². The highest BCUT2D eigenvalue weighted by Gasteiger charge is 2.16. The van der Waals surface area contributed by atoms with E-state index in [1.165, 1.54) is 11.3 Å². The number of aromatic nitrogens is 4. The van der Waals surface area contributed by atoms with Crippen LogP contribution in [0.1, 0.15) is 15.4 Å². The SMILES string of the molecule is CNc1nc(-c2cccnc2)nc2c(OC)cc(-c3cccc(C(=O)Cc4nccs4)c3)cc12. The number of rotatable bonds is 7. The van der Waals surface area contributed by atoms with Crippen LogP contribution in [0.5, 0.6) is 5.75 Å². The number of methoxy groups -OCH3 is 1. The zero-order valence-electron chi connectivity index (χ0n) is 18.6. The number of ether oxygens (including phenoxy) is 1. The molecule has 0 aliphatic heterocycles. The number of anilines is 1. The quantitative estimate of drug-likeness (QED) is 0.325. The second-order valence-corrected chi connectivity index (χ2v) is 8.55. The standard InChI is InChI=1S/C26H21N5O2S/c1-27-26-20-12-19(16-5-3-6-17(11-16)21(32)14-23-29-9-10-34-23)13-22(33-2)24(20)30-25(31-26)18-7-4-8-28-15-18/h3-13,15H,14H2,1-2H3,(H,27,30,31). The zero-order chi connectivity index (χ0) is 23.5. The van der Waals surface area contributed by atoms with E-state index in [0.29, 0.717) is 28.5 Å². The molecule has 0 unspecified atom stereocenters. The molecule has 0 aliphatic carbocycles. The third kappa shape index (κ3) is 4.23. The van der Waals surface area contributed by atoms with E-state index in [4.69, 9.17) is 14.7 Å². The Kier molecular flexibility index (Phi) is 5.97. The number of hydrogen-bond acceptors (Lipinski definition) is 8. The van der Waals surface area contributed by atoms with Crippen LogP contribution in [-0.4, -0.2) is 39.9 Å². The third-order valence-corrected chi connectivity index (χ3v) is 6.23. The normalized spacial score (nSPS) is 10.9. The van der Waals surface area contributed by atoms with Crippen molar-refractivity contribution in [3.63, 3.8) is 0 Å². The Morgan fingerprint density at radius 1 is 1.03 bits per heavy atom. The van der Waals surface area contributed by atoms with Crippen LogP contribution in [0.4, 0.5) is 5.82 Å². The van der Waals surface area contributed by atoms with Gasteiger partial charge in [0.25, 0.3) is 0 Å². The van der Waals surface area contributed by atoms with Crippen molar-refractivity contribution in [1.29, 1.82) is 0 Å². The van der Waals surface area contributed by atoms with Gasteiger partial charge in [0.1, 0.15) is 22.1 Å². The van der Waals surface area contributed by atoms with Gasteiger partial charge in [-0.25, -0.2) is 15.0 Å². The topological polar surface area (TPSA) is 89.9 Å². The Bertz CT molecular complexity index is 1470. The lowest BCUT2D eigenvalue weighted by molar-refractivity contribution is 0.0993. The predicted molar refractivity (Wildman–Crippen MR) is 134 cm³/mol. The molecule has 34 heavy (non-hydrogen) atoms. The molecule has 0 bridgehead atoms. The molecular formula is C26H21N5O2S. The number of benzene rings is 2. The van der Waals surface area contributed by atoms with Crippen molar-refractivity contribution in [2.24, 2.45) is 0 Å². The van der Waals surface area contributed by atoms with Gasteiger partial charge in [0.05, 0.1) is 13.5 Å². The number of hydrogen-bond donors (Lipinski definition) is 1. The molecule has 3 aromatic heterocycles. The predicted octanol–water partition coefficient (Wildman–Crippen LogP) is 5.29. The van der Waals surface area contributed by atoms with Gasteiger partial charge in [-0.3, -0.25) is 9.78 Å². The molecule has 1 N–H and O–H groups in total. The molecule has 0 fully saturated rings. The second kappa shape index (κ2) is 9.36. The summed E-state index contributed by atoms with van der Waals surface area (Å²) >= 11 is 1.48. The molecule has 0 amide bonds. The first kappa shape index (κ1) is 21.7. The van der Waals surface area contributed by atoms with Gasteiger partial charge in [0.2, 0.25) is 0 Å². The van der Waals surface area contributed by atoms with Crippen LogP contribution in [0, 0.1) is 0 Å². The maximum atomic E-state index is 12.8. The number of nitrogens with one attached hydrogen (secondary N) is 1. The molecule has 5 aromatic rings. The second-order valence-electron chi connectivity index (χ2n) is 7.57. The fraction of sp³-hybridized carbons (Fsp3) is 0.115. The van der Waals surface area contributed by atoms with E-state index in [1.54, 1.807) is 25.7 Å². The first-order valence-corrected chi connectivity index (χ1v) is 11.5. The summed E-state index contributed by atoms with van der Waals surface area (Å²) in [6.45, 7) is 0. The number of nitrogens with zero attached hydrogens (tertiary/aromatic N) is 4. The molecule has 7 nitrogen and oxygen atoms in total. The summed E-state index contributed by atoms with van der Waals surface area (Å²) in [4.78, 5) is 30.7. The number of Topliss-reactive ketones (excluding diaryl/α,β-unsaturated/α-hetero) is 1. The molecule has 0 radical (unpaired) electrons. The van der Waals surface area contributed by atoms with Crippen molar-refractivity contribution in [2.45, 2.75) is 6.42 Å². The van der Waals surface area contributed by atoms with E-state index >= 15 is 0 Å². The summed E-state index contributed by atoms with van der Waals surface area (Å²) in [7, 11) is 3.45. The summed E-state index contributed by atoms with van der Waals surface area (Å²) in [6.07, 6.45) is 5.45. The maximum absolute atomic E-state index is 12.8. The third-order valence-electron chi connectivity index (χ3n) is 5.46. The summed E-state index contributed by atoms with van der Waals surface area (Å²) < 4.78 is 5.72. The summed E-state index contributed by atoms with van der Waals surface area (Å²) in [6, 6.07) is 15.3. The molecule has 3 heterocycles. The van der Waals surface area contributed by atoms with Gasteiger partial charge in [-0.15, -0.1) is 11.3 Å². The van der Waals surface area contributed by atoms with Crippen LogP contribution in [0.3, 0.4) is 0 Å². The lowest BCUT2D eigenvalue weighted by atomic mass is 9.98. The largest absolute Gasteiger partial charge is 0.494 e. The van der Waals surface area contributed by atoms with Crippen LogP contribution in [0.2, 0.25) is 0 Å². The minimum Gasteiger partial charge on any atom is -0.494 e. The number of ketones is 1. The lowest BCUT2D eigenvalue weighted by Gasteiger charge is -2.14. The van der Waals surface area contributed by atoms with Crippen molar-refractivity contribution in [3.8, 4) is 28.3 Å². The summed E-state index contributed by atoms with van der Waals surface area (Å²) in [5, 5.41) is 6.69. The first-order chi connectivity index (χ1) is 16.7. The Morgan fingerprint density at radius 3 is 2.65 bits per heavy atom. The molecule has 0 aliphatic rings. The minimum absolute atomic E-state index is 0.0323. The van der Waals surface area contributed by atoms with E-state index in [1.807, 2.05) is 61.0 Å². The van der Waals surface area contributed by atoms with Gasteiger partial charge in [0.15, 0.2) is 11.6 Å². The van der Waals surface area contributed by atoms with Crippen LogP contribution >= 0.6 is 11.3 Å². The van der Waals surface area contributed by atoms with Crippen LogP contribution in [0.15, 0.2) is 72.5 Å². The highest BCUT2D eigenvalue weighted by Crippen LogP contribution is 2.36. The highest BCUT2D eigenvalue weighted by atomic mass is 32.1. The lowest BCUT2D eigenvalue weighted by Crippen LogP contribution is -2.03. The molecule has 0 saturated heterocycles. The fourth-order valence-corrected chi connectivity index (χ4v) is 4.40. The van der Waals surface area contributed by atoms with E-state index in [2.05, 4.69) is 15.3 Å². The molecular weight excluding hydrogens is 446 g/mol. The molecule has 168 valence electrons. The van der Waals surface area contributed by atoms with Gasteiger partial charge in [-0.2, -0.15) is 0 Å². The van der Waals surface area contributed by atoms with Crippen molar-refractivity contribution >= 4 is 33.8 Å². The Morgan fingerprint density at radius 2 is 1.91 bits per heavy atom. The number of pyridine rings is 1. The van der Waals surface area contributed by atoms with Gasteiger partial charge < -0.3 is 10.1 Å². The van der Waals surface area contributed by atoms with Crippen LogP contribution in [0.25, 0.3) is 33.4 Å². The summed E-state index contributed by atoms with van der Waals surface area (Å²) in [5.41, 5.74) is 3.97. The highest BCUT2D eigenvalue weighted by molar-refractivity contribution is 7.09. The Hall–Kier alpha value is -4.17. The molecule has 5 rings (SSSR count). The molecule has 2 aromatic carbocycles. The Labute approximate surface area is 200 Å². The van der Waals surface area contributed by atoms with Crippen LogP contribution in [-0.2, 0) is 6.42 Å². The van der Waals surface area contributed by atoms with E-state index in [0.717, 1.165) is 27.1 Å². The minimum atomic E-state index is 0.0323. The van der Waals surface area contributed by atoms with Crippen molar-refractivity contribution in [1.82, 2.24) is 19.9 Å². The van der Waals surface area contributed by atoms with Gasteiger partial charge in [-0.1, -0.05) is 18.2 Å². The van der Waals surface area contributed by atoms with Crippen LogP contribution < -0.4 is 10.1 Å². The molecule has 0 atom stereocenters. The Balaban J connectivity index is 1.59. The molecule has 8 heteroatoms. The van der Waals surface area contributed by atoms with Gasteiger partial charge >= 0.3 is 0 Å². The van der Waals surface area contributed by atoms with Gasteiger partial charge in [-0.05, 0) is 41.5 Å². The average molecular weight is 468 g/mol. The average Bonchev–Trinajstić information content (AvgIpc) is 3.41. The van der Waals surface area contributed by atoms with Crippen molar-refractivity contribution < 1.29 is 9.53 Å². The molecule has 0 saturated carbocycles. The number of carbonyl (C=O) groups is 1. The number of fused-ring (bicyclic) bond motifs is 1. The zero-order valence-corrected chi connectivity index (χ0v) is 19.5. The van der Waals surface area contributed by atoms with E-state index in [9.17, 15) is 4.79 Å².